The molecule has 4 heteroatoms. The average molecular weight is 300 g/mol. The highest BCUT2D eigenvalue weighted by atomic mass is 79.9. The second-order valence-electron chi connectivity index (χ2n) is 3.91. The molecule has 0 saturated heterocycles. The van der Waals surface area contributed by atoms with E-state index in [2.05, 4.69) is 21.2 Å². The smallest absolute Gasteiger partial charge is 0.251 e. The van der Waals surface area contributed by atoms with Crippen molar-refractivity contribution >= 4 is 21.8 Å². The Morgan fingerprint density at radius 2 is 2.18 bits per heavy atom. The highest BCUT2D eigenvalue weighted by Gasteiger charge is 2.08. The Kier molecular flexibility index (Phi) is 6.22. The molecule has 94 valence electrons. The molecule has 0 aromatic heterocycles. The van der Waals surface area contributed by atoms with Crippen LogP contribution >= 0.6 is 15.9 Å². The van der Waals surface area contributed by atoms with E-state index in [1.54, 1.807) is 7.11 Å². The third kappa shape index (κ3) is 4.88. The van der Waals surface area contributed by atoms with Gasteiger partial charge in [-0.1, -0.05) is 34.1 Å². The highest BCUT2D eigenvalue weighted by Crippen LogP contribution is 2.07. The molecule has 0 aliphatic heterocycles. The number of nitrogens with one attached hydrogen (secondary N) is 1. The number of aryl methyl sites for hydroxylation is 1. The van der Waals surface area contributed by atoms with Crippen LogP contribution in [0.1, 0.15) is 22.3 Å². The maximum Gasteiger partial charge on any atom is 0.251 e. The molecule has 0 heterocycles. The van der Waals surface area contributed by atoms with Crippen molar-refractivity contribution in [2.45, 2.75) is 18.2 Å². The second kappa shape index (κ2) is 7.45. The van der Waals surface area contributed by atoms with Crippen molar-refractivity contribution in [2.75, 3.05) is 20.3 Å². The van der Waals surface area contributed by atoms with Crippen molar-refractivity contribution < 1.29 is 9.53 Å². The predicted octanol–water partition coefficient (Wildman–Crippen LogP) is 2.52. The Balaban J connectivity index is 2.38. The zero-order chi connectivity index (χ0) is 12.7. The van der Waals surface area contributed by atoms with Gasteiger partial charge in [0, 0.05) is 24.0 Å². The number of alkyl halides is 1. The number of ether oxygens (including phenoxy) is 1. The lowest BCUT2D eigenvalue weighted by Crippen LogP contribution is -2.27. The molecule has 1 N–H and O–H groups in total. The predicted molar refractivity (Wildman–Crippen MR) is 72.7 cm³/mol. The largest absolute Gasteiger partial charge is 0.384 e. The van der Waals surface area contributed by atoms with Crippen molar-refractivity contribution in [2.24, 2.45) is 0 Å². The SMILES string of the molecule is COCC(Br)CCNC(=O)c1ccccc1C. The van der Waals surface area contributed by atoms with Crippen molar-refractivity contribution in [3.63, 3.8) is 0 Å². The van der Waals surface area contributed by atoms with Crippen LogP contribution in [0.15, 0.2) is 24.3 Å². The topological polar surface area (TPSA) is 38.3 Å². The molecule has 0 fully saturated rings. The van der Waals surface area contributed by atoms with Crippen LogP contribution in [0, 0.1) is 6.92 Å². The van der Waals surface area contributed by atoms with E-state index in [0.29, 0.717) is 13.2 Å². The summed E-state index contributed by atoms with van der Waals surface area (Å²) in [5.74, 6) is -0.0137. The number of methoxy groups -OCH3 is 1. The monoisotopic (exact) mass is 299 g/mol. The molecule has 1 aromatic carbocycles. The van der Waals surface area contributed by atoms with E-state index in [1.807, 2.05) is 31.2 Å². The van der Waals surface area contributed by atoms with Crippen LogP contribution in [0.2, 0.25) is 0 Å². The van der Waals surface area contributed by atoms with Crippen LogP contribution in [0.25, 0.3) is 0 Å². The molecule has 1 atom stereocenters. The van der Waals surface area contributed by atoms with E-state index in [-0.39, 0.29) is 10.7 Å². The first kappa shape index (κ1) is 14.2. The quantitative estimate of drug-likeness (QED) is 0.820. The van der Waals surface area contributed by atoms with Crippen LogP contribution in [0.4, 0.5) is 0 Å². The van der Waals surface area contributed by atoms with Crippen LogP contribution in [0.5, 0.6) is 0 Å². The molecular weight excluding hydrogens is 282 g/mol. The van der Waals surface area contributed by atoms with Crippen molar-refractivity contribution in [3.8, 4) is 0 Å². The Morgan fingerprint density at radius 3 is 2.82 bits per heavy atom. The summed E-state index contributed by atoms with van der Waals surface area (Å²) in [7, 11) is 1.67. The fourth-order valence-electron chi connectivity index (χ4n) is 1.53. The molecule has 0 aliphatic carbocycles. The maximum atomic E-state index is 11.8. The van der Waals surface area contributed by atoms with Gasteiger partial charge >= 0.3 is 0 Å². The summed E-state index contributed by atoms with van der Waals surface area (Å²) in [5.41, 5.74) is 1.74. The summed E-state index contributed by atoms with van der Waals surface area (Å²) in [6, 6.07) is 7.58. The number of carbonyl (C=O) groups excluding carboxylic acids is 1. The summed E-state index contributed by atoms with van der Waals surface area (Å²) >= 11 is 3.48. The molecule has 17 heavy (non-hydrogen) atoms. The Bertz CT molecular complexity index is 368. The minimum Gasteiger partial charge on any atom is -0.384 e. The van der Waals surface area contributed by atoms with Gasteiger partial charge in [-0.15, -0.1) is 0 Å². The van der Waals surface area contributed by atoms with Gasteiger partial charge in [0.2, 0.25) is 0 Å². The van der Waals surface area contributed by atoms with Crippen molar-refractivity contribution in [1.82, 2.24) is 5.32 Å². The number of hydrogen-bond acceptors (Lipinski definition) is 2. The number of amides is 1. The lowest BCUT2D eigenvalue weighted by Gasteiger charge is -2.10. The molecule has 0 radical (unpaired) electrons. The summed E-state index contributed by atoms with van der Waals surface area (Å²) in [6.07, 6.45) is 0.853. The Hall–Kier alpha value is -0.870. The second-order valence-corrected chi connectivity index (χ2v) is 5.21. The number of carbonyl (C=O) groups is 1. The fraction of sp³-hybridized carbons (Fsp3) is 0.462. The highest BCUT2D eigenvalue weighted by molar-refractivity contribution is 9.09. The molecule has 1 aromatic rings. The van der Waals surface area contributed by atoms with E-state index in [1.165, 1.54) is 0 Å². The molecule has 3 nitrogen and oxygen atoms in total. The van der Waals surface area contributed by atoms with Gasteiger partial charge in [-0.3, -0.25) is 4.79 Å². The summed E-state index contributed by atoms with van der Waals surface area (Å²) in [5, 5.41) is 2.90. The van der Waals surface area contributed by atoms with Crippen LogP contribution in [-0.4, -0.2) is 31.0 Å². The van der Waals surface area contributed by atoms with Gasteiger partial charge in [-0.2, -0.15) is 0 Å². The fourth-order valence-corrected chi connectivity index (χ4v) is 2.02. The molecule has 0 bridgehead atoms. The van der Waals surface area contributed by atoms with Gasteiger partial charge in [0.05, 0.1) is 6.61 Å². The zero-order valence-corrected chi connectivity index (χ0v) is 11.8. The average Bonchev–Trinajstić information content (AvgIpc) is 2.29. The normalized spacial score (nSPS) is 12.2. The third-order valence-electron chi connectivity index (χ3n) is 2.48. The molecule has 0 saturated carbocycles. The maximum absolute atomic E-state index is 11.8. The van der Waals surface area contributed by atoms with Gasteiger partial charge in [-0.05, 0) is 25.0 Å². The number of hydrogen-bond donors (Lipinski definition) is 1. The van der Waals surface area contributed by atoms with E-state index < -0.39 is 0 Å². The first-order chi connectivity index (χ1) is 8.15. The first-order valence-corrected chi connectivity index (χ1v) is 6.53. The van der Waals surface area contributed by atoms with Crippen molar-refractivity contribution in [3.05, 3.63) is 35.4 Å². The van der Waals surface area contributed by atoms with Crippen LogP contribution in [0.3, 0.4) is 0 Å². The number of rotatable bonds is 6. The summed E-state index contributed by atoms with van der Waals surface area (Å²) in [4.78, 5) is 12.1. The van der Waals surface area contributed by atoms with E-state index in [0.717, 1.165) is 17.5 Å². The van der Waals surface area contributed by atoms with Gasteiger partial charge in [0.25, 0.3) is 5.91 Å². The van der Waals surface area contributed by atoms with Gasteiger partial charge in [-0.25, -0.2) is 0 Å². The van der Waals surface area contributed by atoms with E-state index in [4.69, 9.17) is 4.74 Å². The van der Waals surface area contributed by atoms with Crippen LogP contribution in [-0.2, 0) is 4.74 Å². The Morgan fingerprint density at radius 1 is 1.47 bits per heavy atom. The minimum absolute atomic E-state index is 0.0137. The molecule has 0 spiro atoms. The van der Waals surface area contributed by atoms with Gasteiger partial charge in [0.15, 0.2) is 0 Å². The summed E-state index contributed by atoms with van der Waals surface area (Å²) < 4.78 is 5.01. The molecular formula is C13H18BrNO2. The number of halogens is 1. The minimum atomic E-state index is -0.0137. The molecule has 1 rings (SSSR count). The molecule has 0 aliphatic rings. The Labute approximate surface area is 111 Å². The van der Waals surface area contributed by atoms with Crippen molar-refractivity contribution in [1.29, 1.82) is 0 Å². The number of benzene rings is 1. The third-order valence-corrected chi connectivity index (χ3v) is 3.20. The van der Waals surface area contributed by atoms with Gasteiger partial charge < -0.3 is 10.1 Å². The van der Waals surface area contributed by atoms with Gasteiger partial charge in [0.1, 0.15) is 0 Å². The first-order valence-electron chi connectivity index (χ1n) is 5.62. The van der Waals surface area contributed by atoms with E-state index >= 15 is 0 Å². The van der Waals surface area contributed by atoms with E-state index in [9.17, 15) is 4.79 Å². The zero-order valence-electron chi connectivity index (χ0n) is 10.2. The van der Waals surface area contributed by atoms with Crippen LogP contribution < -0.4 is 5.32 Å². The summed E-state index contributed by atoms with van der Waals surface area (Å²) in [6.45, 7) is 3.24. The standard InChI is InChI=1S/C13H18BrNO2/c1-10-5-3-4-6-12(10)13(16)15-8-7-11(14)9-17-2/h3-6,11H,7-9H2,1-2H3,(H,15,16). The molecule has 1 amide bonds. The lowest BCUT2D eigenvalue weighted by atomic mass is 10.1. The lowest BCUT2D eigenvalue weighted by molar-refractivity contribution is 0.0951. The molecule has 1 unspecified atom stereocenters.